The van der Waals surface area contributed by atoms with Gasteiger partial charge in [0.15, 0.2) is 0 Å². The lowest BCUT2D eigenvalue weighted by Crippen LogP contribution is -2.34. The maximum atomic E-state index is 10.2. The molecule has 0 fully saturated rings. The lowest BCUT2D eigenvalue weighted by molar-refractivity contribution is 0.126. The van der Waals surface area contributed by atoms with E-state index in [1.54, 1.807) is 0 Å². The smallest absolute Gasteiger partial charge is 0.126 e. The Morgan fingerprint density at radius 1 is 1.33 bits per heavy atom. The lowest BCUT2D eigenvalue weighted by Gasteiger charge is -2.25. The van der Waals surface area contributed by atoms with Gasteiger partial charge in [0.25, 0.3) is 0 Å². The minimum Gasteiger partial charge on any atom is -0.493 e. The summed E-state index contributed by atoms with van der Waals surface area (Å²) < 4.78 is 5.82. The van der Waals surface area contributed by atoms with Crippen molar-refractivity contribution in [1.29, 1.82) is 0 Å². The van der Waals surface area contributed by atoms with Crippen LogP contribution >= 0.6 is 11.6 Å². The van der Waals surface area contributed by atoms with Crippen LogP contribution in [0.1, 0.15) is 56.2 Å². The van der Waals surface area contributed by atoms with E-state index in [0.717, 1.165) is 33.9 Å². The SMILES string of the molecule is CCOc1c(C)cc(Cl)c(C)c1C(C)CC(O)C(N)CC. The van der Waals surface area contributed by atoms with Crippen LogP contribution in [0.4, 0.5) is 0 Å². The molecule has 0 amide bonds. The first-order valence-electron chi connectivity index (χ1n) is 7.69. The van der Waals surface area contributed by atoms with E-state index in [4.69, 9.17) is 22.1 Å². The molecule has 0 spiro atoms. The van der Waals surface area contributed by atoms with Crippen molar-refractivity contribution in [2.75, 3.05) is 6.61 Å². The molecule has 3 N–H and O–H groups in total. The molecule has 0 aliphatic rings. The molecule has 0 saturated carbocycles. The number of ether oxygens (including phenoxy) is 1. The maximum absolute atomic E-state index is 10.2. The van der Waals surface area contributed by atoms with Crippen LogP contribution < -0.4 is 10.5 Å². The molecule has 0 aliphatic heterocycles. The second kappa shape index (κ2) is 8.02. The Morgan fingerprint density at radius 2 is 1.95 bits per heavy atom. The summed E-state index contributed by atoms with van der Waals surface area (Å²) in [4.78, 5) is 0. The Balaban J connectivity index is 3.15. The van der Waals surface area contributed by atoms with Crippen LogP contribution in [-0.4, -0.2) is 23.9 Å². The Labute approximate surface area is 133 Å². The van der Waals surface area contributed by atoms with E-state index in [1.165, 1.54) is 0 Å². The first-order valence-corrected chi connectivity index (χ1v) is 8.07. The van der Waals surface area contributed by atoms with Gasteiger partial charge in [-0.25, -0.2) is 0 Å². The highest BCUT2D eigenvalue weighted by Crippen LogP contribution is 2.39. The molecule has 3 unspecified atom stereocenters. The van der Waals surface area contributed by atoms with Gasteiger partial charge in [-0.2, -0.15) is 0 Å². The number of aliphatic hydroxyl groups is 1. The Kier molecular flexibility index (Phi) is 6.98. The number of nitrogens with two attached hydrogens (primary N) is 1. The van der Waals surface area contributed by atoms with Gasteiger partial charge in [0.05, 0.1) is 12.7 Å². The van der Waals surface area contributed by atoms with Gasteiger partial charge < -0.3 is 15.6 Å². The van der Waals surface area contributed by atoms with Crippen molar-refractivity contribution < 1.29 is 9.84 Å². The van der Waals surface area contributed by atoms with Crippen molar-refractivity contribution >= 4 is 11.6 Å². The largest absolute Gasteiger partial charge is 0.493 e. The highest BCUT2D eigenvalue weighted by Gasteiger charge is 2.23. The van der Waals surface area contributed by atoms with E-state index in [-0.39, 0.29) is 12.0 Å². The Morgan fingerprint density at radius 3 is 2.48 bits per heavy atom. The zero-order valence-corrected chi connectivity index (χ0v) is 14.5. The van der Waals surface area contributed by atoms with Crippen molar-refractivity contribution in [3.8, 4) is 5.75 Å². The molecule has 0 aromatic heterocycles. The second-order valence-electron chi connectivity index (χ2n) is 5.75. The number of rotatable bonds is 7. The summed E-state index contributed by atoms with van der Waals surface area (Å²) in [5.74, 6) is 1.03. The highest BCUT2D eigenvalue weighted by atomic mass is 35.5. The van der Waals surface area contributed by atoms with Crippen molar-refractivity contribution in [2.24, 2.45) is 5.73 Å². The lowest BCUT2D eigenvalue weighted by atomic mass is 9.87. The number of hydrogen-bond donors (Lipinski definition) is 2. The molecular weight excluding hydrogens is 286 g/mol. The molecule has 0 radical (unpaired) electrons. The fourth-order valence-electron chi connectivity index (χ4n) is 2.73. The maximum Gasteiger partial charge on any atom is 0.126 e. The molecule has 4 heteroatoms. The average Bonchev–Trinajstić information content (AvgIpc) is 2.43. The molecule has 120 valence electrons. The van der Waals surface area contributed by atoms with Crippen molar-refractivity contribution in [1.82, 2.24) is 0 Å². The van der Waals surface area contributed by atoms with Crippen LogP contribution in [-0.2, 0) is 0 Å². The third kappa shape index (κ3) is 4.35. The van der Waals surface area contributed by atoms with Crippen LogP contribution in [0.3, 0.4) is 0 Å². The molecule has 1 rings (SSSR count). The molecule has 0 saturated heterocycles. The van der Waals surface area contributed by atoms with Gasteiger partial charge in [-0.3, -0.25) is 0 Å². The highest BCUT2D eigenvalue weighted by molar-refractivity contribution is 6.31. The molecule has 0 heterocycles. The van der Waals surface area contributed by atoms with Gasteiger partial charge >= 0.3 is 0 Å². The number of aryl methyl sites for hydroxylation is 1. The number of benzene rings is 1. The quantitative estimate of drug-likeness (QED) is 0.801. The first kappa shape index (κ1) is 18.3. The van der Waals surface area contributed by atoms with E-state index in [1.807, 2.05) is 33.8 Å². The van der Waals surface area contributed by atoms with Crippen molar-refractivity contribution in [3.05, 3.63) is 27.8 Å². The van der Waals surface area contributed by atoms with Crippen LogP contribution in [0.25, 0.3) is 0 Å². The third-order valence-corrected chi connectivity index (χ3v) is 4.44. The van der Waals surface area contributed by atoms with Gasteiger partial charge in [0.1, 0.15) is 5.75 Å². The van der Waals surface area contributed by atoms with Gasteiger partial charge in [0, 0.05) is 16.6 Å². The van der Waals surface area contributed by atoms with E-state index in [2.05, 4.69) is 6.92 Å². The van der Waals surface area contributed by atoms with Crippen LogP contribution in [0, 0.1) is 13.8 Å². The van der Waals surface area contributed by atoms with Crippen LogP contribution in [0.15, 0.2) is 6.07 Å². The molecular formula is C17H28ClNO2. The summed E-state index contributed by atoms with van der Waals surface area (Å²) in [5, 5.41) is 10.9. The molecule has 1 aromatic rings. The third-order valence-electron chi connectivity index (χ3n) is 4.05. The molecule has 3 nitrogen and oxygen atoms in total. The zero-order valence-electron chi connectivity index (χ0n) is 13.7. The number of hydrogen-bond acceptors (Lipinski definition) is 3. The molecule has 0 aliphatic carbocycles. The van der Waals surface area contributed by atoms with Crippen LogP contribution in [0.2, 0.25) is 5.02 Å². The number of aliphatic hydroxyl groups excluding tert-OH is 1. The zero-order chi connectivity index (χ0) is 16.2. The fraction of sp³-hybridized carbons (Fsp3) is 0.647. The van der Waals surface area contributed by atoms with Crippen molar-refractivity contribution in [2.45, 2.75) is 65.5 Å². The van der Waals surface area contributed by atoms with Gasteiger partial charge in [0.2, 0.25) is 0 Å². The van der Waals surface area contributed by atoms with E-state index < -0.39 is 6.10 Å². The minimum atomic E-state index is -0.516. The first-order chi connectivity index (χ1) is 9.83. The molecule has 0 bridgehead atoms. The Bertz CT molecular complexity index is 476. The predicted molar refractivity (Wildman–Crippen MR) is 89.4 cm³/mol. The summed E-state index contributed by atoms with van der Waals surface area (Å²) in [6, 6.07) is 1.75. The summed E-state index contributed by atoms with van der Waals surface area (Å²) in [6.07, 6.45) is 0.855. The summed E-state index contributed by atoms with van der Waals surface area (Å²) in [7, 11) is 0. The van der Waals surface area contributed by atoms with E-state index in [9.17, 15) is 5.11 Å². The summed E-state index contributed by atoms with van der Waals surface area (Å²) in [5.41, 5.74) is 9.07. The molecule has 21 heavy (non-hydrogen) atoms. The molecule has 1 aromatic carbocycles. The normalized spacial score (nSPS) is 15.6. The van der Waals surface area contributed by atoms with Gasteiger partial charge in [-0.15, -0.1) is 0 Å². The summed E-state index contributed by atoms with van der Waals surface area (Å²) in [6.45, 7) is 10.7. The van der Waals surface area contributed by atoms with E-state index >= 15 is 0 Å². The predicted octanol–water partition coefficient (Wildman–Crippen LogP) is 3.95. The summed E-state index contributed by atoms with van der Waals surface area (Å²) >= 11 is 6.32. The Hall–Kier alpha value is -0.770. The fourth-order valence-corrected chi connectivity index (χ4v) is 3.00. The second-order valence-corrected chi connectivity index (χ2v) is 6.16. The van der Waals surface area contributed by atoms with Crippen molar-refractivity contribution in [3.63, 3.8) is 0 Å². The topological polar surface area (TPSA) is 55.5 Å². The van der Waals surface area contributed by atoms with Crippen LogP contribution in [0.5, 0.6) is 5.75 Å². The molecule has 3 atom stereocenters. The minimum absolute atomic E-state index is 0.136. The standard InChI is InChI=1S/C17H28ClNO2/c1-6-14(19)15(20)9-10(3)16-12(5)13(18)8-11(4)17(16)21-7-2/h8,10,14-15,20H,6-7,9,19H2,1-5H3. The van der Waals surface area contributed by atoms with Gasteiger partial charge in [-0.1, -0.05) is 25.4 Å². The monoisotopic (exact) mass is 313 g/mol. The van der Waals surface area contributed by atoms with E-state index in [0.29, 0.717) is 13.0 Å². The van der Waals surface area contributed by atoms with Gasteiger partial charge in [-0.05, 0) is 56.7 Å². The average molecular weight is 314 g/mol. The number of halogens is 1.